The predicted octanol–water partition coefficient (Wildman–Crippen LogP) is 2.86. The maximum atomic E-state index is 13.0. The maximum absolute atomic E-state index is 13.0. The molecule has 2 aliphatic carbocycles. The molecule has 2 aliphatic rings. The van der Waals surface area contributed by atoms with Gasteiger partial charge in [0.05, 0.1) is 11.0 Å². The van der Waals surface area contributed by atoms with Crippen LogP contribution in [0.1, 0.15) is 18.7 Å². The molecule has 0 aliphatic heterocycles. The fourth-order valence-electron chi connectivity index (χ4n) is 4.15. The molecule has 9 heteroatoms. The molecule has 2 aromatic rings. The number of allylic oxidation sites excluding steroid dienone is 2. The normalized spacial score (nSPS) is 23.4. The number of nitrogens with one attached hydrogen (secondary N) is 2. The lowest BCUT2D eigenvalue weighted by Crippen LogP contribution is -2.38. The number of imidazole rings is 1. The molecular formula is C19H19F3N4O2. The maximum Gasteiger partial charge on any atom is 0.449 e. The van der Waals surface area contributed by atoms with Crippen molar-refractivity contribution in [2.45, 2.75) is 19.0 Å². The third-order valence-electron chi connectivity index (χ3n) is 5.54. The molecule has 0 spiro atoms. The van der Waals surface area contributed by atoms with Gasteiger partial charge in [-0.25, -0.2) is 4.98 Å². The van der Waals surface area contributed by atoms with E-state index >= 15 is 0 Å². The van der Waals surface area contributed by atoms with Gasteiger partial charge < -0.3 is 15.2 Å². The fourth-order valence-corrected chi connectivity index (χ4v) is 4.15. The highest BCUT2D eigenvalue weighted by atomic mass is 19.4. The van der Waals surface area contributed by atoms with Crippen LogP contribution in [0.25, 0.3) is 11.0 Å². The van der Waals surface area contributed by atoms with Crippen molar-refractivity contribution in [2.24, 2.45) is 24.8 Å². The van der Waals surface area contributed by atoms with Crippen LogP contribution in [0, 0.1) is 17.8 Å². The molecule has 2 N–H and O–H groups in total. The van der Waals surface area contributed by atoms with Gasteiger partial charge in [-0.3, -0.25) is 9.59 Å². The molecule has 4 rings (SSSR count). The third-order valence-corrected chi connectivity index (χ3v) is 5.54. The van der Waals surface area contributed by atoms with Crippen LogP contribution in [0.15, 0.2) is 30.4 Å². The number of fused-ring (bicyclic) bond motifs is 3. The Balaban J connectivity index is 1.40. The quantitative estimate of drug-likeness (QED) is 0.623. The van der Waals surface area contributed by atoms with Gasteiger partial charge in [0.15, 0.2) is 0 Å². The van der Waals surface area contributed by atoms with E-state index in [1.807, 2.05) is 0 Å². The minimum atomic E-state index is -4.58. The first-order valence-corrected chi connectivity index (χ1v) is 9.03. The van der Waals surface area contributed by atoms with E-state index in [1.54, 1.807) is 0 Å². The fraction of sp³-hybridized carbons (Fsp3) is 0.421. The average Bonchev–Trinajstić information content (AvgIpc) is 3.33. The van der Waals surface area contributed by atoms with E-state index in [-0.39, 0.29) is 16.7 Å². The lowest BCUT2D eigenvalue weighted by atomic mass is 9.94. The second-order valence-electron chi connectivity index (χ2n) is 7.40. The van der Waals surface area contributed by atoms with Crippen LogP contribution < -0.4 is 10.6 Å². The first kappa shape index (κ1) is 18.5. The molecule has 6 nitrogen and oxygen atoms in total. The second kappa shape index (κ2) is 6.65. The second-order valence-corrected chi connectivity index (χ2v) is 7.40. The molecule has 1 saturated carbocycles. The highest BCUT2D eigenvalue weighted by Gasteiger charge is 2.37. The van der Waals surface area contributed by atoms with Crippen molar-refractivity contribution >= 4 is 28.5 Å². The number of hydrogen-bond acceptors (Lipinski definition) is 3. The third kappa shape index (κ3) is 3.36. The molecule has 2 amide bonds. The van der Waals surface area contributed by atoms with Gasteiger partial charge in [0.1, 0.15) is 0 Å². The number of hydrogen-bond donors (Lipinski definition) is 2. The molecule has 2 bridgehead atoms. The van der Waals surface area contributed by atoms with Crippen molar-refractivity contribution in [3.63, 3.8) is 0 Å². The Morgan fingerprint density at radius 2 is 2.00 bits per heavy atom. The molecular weight excluding hydrogens is 373 g/mol. The Bertz CT molecular complexity index is 979. The van der Waals surface area contributed by atoms with E-state index in [0.29, 0.717) is 24.3 Å². The zero-order valence-corrected chi connectivity index (χ0v) is 15.1. The van der Waals surface area contributed by atoms with Crippen molar-refractivity contribution in [2.75, 3.05) is 11.9 Å². The van der Waals surface area contributed by atoms with Gasteiger partial charge in [-0.15, -0.1) is 0 Å². The van der Waals surface area contributed by atoms with Crippen LogP contribution in [0.5, 0.6) is 0 Å². The summed E-state index contributed by atoms with van der Waals surface area (Å²) in [5.41, 5.74) is 0.572. The number of aromatic nitrogens is 2. The molecule has 0 saturated heterocycles. The standard InChI is InChI=1S/C19H19F3N4O2/c1-26-15-5-4-13(8-14(15)25-18(26)19(20,21)22)24-17(28)16(27)23-9-12-7-10-2-3-11(12)6-10/h2-5,8,10-12H,6-7,9H2,1H3,(H,23,27)(H,24,28)/t10-,11+,12-/m1/s1. The van der Waals surface area contributed by atoms with E-state index in [9.17, 15) is 22.8 Å². The summed E-state index contributed by atoms with van der Waals surface area (Å²) in [5.74, 6) is -1.26. The van der Waals surface area contributed by atoms with Crippen LogP contribution in [0.2, 0.25) is 0 Å². The highest BCUT2D eigenvalue weighted by Crippen LogP contribution is 2.42. The van der Waals surface area contributed by atoms with E-state index in [2.05, 4.69) is 27.8 Å². The summed E-state index contributed by atoms with van der Waals surface area (Å²) in [4.78, 5) is 27.7. The minimum absolute atomic E-state index is 0.0850. The summed E-state index contributed by atoms with van der Waals surface area (Å²) in [6.45, 7) is 0.436. The molecule has 3 atom stereocenters. The van der Waals surface area contributed by atoms with Crippen LogP contribution in [-0.2, 0) is 22.8 Å². The van der Waals surface area contributed by atoms with Crippen molar-refractivity contribution in [3.05, 3.63) is 36.2 Å². The van der Waals surface area contributed by atoms with Crippen molar-refractivity contribution in [3.8, 4) is 0 Å². The topological polar surface area (TPSA) is 76.0 Å². The first-order valence-electron chi connectivity index (χ1n) is 9.03. The number of amides is 2. The first-order chi connectivity index (χ1) is 13.2. The number of benzene rings is 1. The van der Waals surface area contributed by atoms with Crippen LogP contribution in [0.4, 0.5) is 18.9 Å². The van der Waals surface area contributed by atoms with Crippen LogP contribution in [0.3, 0.4) is 0 Å². The summed E-state index contributed by atoms with van der Waals surface area (Å²) in [6, 6.07) is 4.18. The number of rotatable bonds is 3. The average molecular weight is 392 g/mol. The van der Waals surface area contributed by atoms with E-state index in [1.165, 1.54) is 25.2 Å². The Kier molecular flexibility index (Phi) is 4.40. The summed E-state index contributed by atoms with van der Waals surface area (Å²) in [6.07, 6.45) is 1.92. The summed E-state index contributed by atoms with van der Waals surface area (Å²) in [5, 5.41) is 5.06. The molecule has 28 heavy (non-hydrogen) atoms. The number of anilines is 1. The number of aryl methyl sites for hydroxylation is 1. The van der Waals surface area contributed by atoms with Gasteiger partial charge in [-0.1, -0.05) is 12.2 Å². The largest absolute Gasteiger partial charge is 0.449 e. The van der Waals surface area contributed by atoms with Crippen molar-refractivity contribution in [1.29, 1.82) is 0 Å². The van der Waals surface area contributed by atoms with E-state index in [4.69, 9.17) is 0 Å². The smallest absolute Gasteiger partial charge is 0.348 e. The molecule has 1 heterocycles. The number of halogens is 3. The van der Waals surface area contributed by atoms with Crippen molar-refractivity contribution in [1.82, 2.24) is 14.9 Å². The Hall–Kier alpha value is -2.84. The molecule has 1 aromatic heterocycles. The lowest BCUT2D eigenvalue weighted by molar-refractivity contribution is -0.146. The number of carbonyl (C=O) groups excluding carboxylic acids is 2. The summed E-state index contributed by atoms with van der Waals surface area (Å²) < 4.78 is 39.8. The lowest BCUT2D eigenvalue weighted by Gasteiger charge is -2.18. The van der Waals surface area contributed by atoms with Crippen LogP contribution in [-0.4, -0.2) is 27.9 Å². The SMILES string of the molecule is Cn1c(C(F)(F)F)nc2cc(NC(=O)C(=O)NC[C@H]3C[C@@H]4C=C[C@H]3C4)ccc21. The van der Waals surface area contributed by atoms with Gasteiger partial charge in [0.2, 0.25) is 5.82 Å². The minimum Gasteiger partial charge on any atom is -0.348 e. The number of carbonyl (C=O) groups is 2. The van der Waals surface area contributed by atoms with Gasteiger partial charge in [0, 0.05) is 19.3 Å². The Morgan fingerprint density at radius 3 is 2.64 bits per heavy atom. The van der Waals surface area contributed by atoms with Crippen LogP contribution >= 0.6 is 0 Å². The zero-order chi connectivity index (χ0) is 20.1. The molecule has 0 radical (unpaired) electrons. The highest BCUT2D eigenvalue weighted by molar-refractivity contribution is 6.39. The summed E-state index contributed by atoms with van der Waals surface area (Å²) >= 11 is 0. The zero-order valence-electron chi connectivity index (χ0n) is 15.1. The summed E-state index contributed by atoms with van der Waals surface area (Å²) in [7, 11) is 1.27. The molecule has 148 valence electrons. The van der Waals surface area contributed by atoms with Gasteiger partial charge >= 0.3 is 18.0 Å². The van der Waals surface area contributed by atoms with E-state index in [0.717, 1.165) is 17.4 Å². The predicted molar refractivity (Wildman–Crippen MR) is 96.2 cm³/mol. The van der Waals surface area contributed by atoms with Gasteiger partial charge in [0.25, 0.3) is 0 Å². The Morgan fingerprint density at radius 1 is 1.21 bits per heavy atom. The molecule has 1 fully saturated rings. The molecule has 1 aromatic carbocycles. The monoisotopic (exact) mass is 392 g/mol. The van der Waals surface area contributed by atoms with E-state index < -0.39 is 23.8 Å². The van der Waals surface area contributed by atoms with Gasteiger partial charge in [-0.05, 0) is 48.8 Å². The molecule has 0 unspecified atom stereocenters. The van der Waals surface area contributed by atoms with Gasteiger partial charge in [-0.2, -0.15) is 13.2 Å². The Labute approximate surface area is 158 Å². The number of alkyl halides is 3. The number of nitrogens with zero attached hydrogens (tertiary/aromatic N) is 2. The van der Waals surface area contributed by atoms with Crippen molar-refractivity contribution < 1.29 is 22.8 Å².